The number of carboxylic acid groups (broad SMARTS) is 1. The van der Waals surface area contributed by atoms with Gasteiger partial charge in [0.15, 0.2) is 0 Å². The largest absolute Gasteiger partial charge is 0.481 e. The first kappa shape index (κ1) is 12.8. The molecule has 0 heterocycles. The van der Waals surface area contributed by atoms with E-state index < -0.39 is 24.1 Å². The van der Waals surface area contributed by atoms with Crippen molar-refractivity contribution in [2.24, 2.45) is 0 Å². The molecule has 1 N–H and O–H groups in total. The zero-order chi connectivity index (χ0) is 12.3. The first-order valence-electron chi connectivity index (χ1n) is 4.31. The quantitative estimate of drug-likeness (QED) is 0.840. The van der Waals surface area contributed by atoms with E-state index in [2.05, 4.69) is 0 Å². The van der Waals surface area contributed by atoms with Crippen molar-refractivity contribution >= 4 is 17.6 Å². The minimum atomic E-state index is -4.52. The van der Waals surface area contributed by atoms with E-state index in [0.29, 0.717) is 0 Å². The smallest absolute Gasteiger partial charge is 0.416 e. The zero-order valence-electron chi connectivity index (χ0n) is 8.01. The number of hydrogen-bond acceptors (Lipinski definition) is 1. The second-order valence-electron chi connectivity index (χ2n) is 3.19. The molecule has 0 saturated carbocycles. The van der Waals surface area contributed by atoms with Crippen molar-refractivity contribution in [2.45, 2.75) is 18.5 Å². The molecular formula is C10H8ClF3O2. The predicted molar refractivity (Wildman–Crippen MR) is 52.3 cm³/mol. The van der Waals surface area contributed by atoms with Gasteiger partial charge in [0.2, 0.25) is 0 Å². The van der Waals surface area contributed by atoms with Crippen LogP contribution in [0.3, 0.4) is 0 Å². The molecule has 1 aromatic rings. The lowest BCUT2D eigenvalue weighted by Gasteiger charge is -2.12. The van der Waals surface area contributed by atoms with Crippen LogP contribution < -0.4 is 0 Å². The van der Waals surface area contributed by atoms with E-state index in [-0.39, 0.29) is 17.0 Å². The Hall–Kier alpha value is -1.23. The monoisotopic (exact) mass is 252 g/mol. The summed E-state index contributed by atoms with van der Waals surface area (Å²) in [5.74, 6) is -1.44. The molecule has 0 bridgehead atoms. The Balaban J connectivity index is 3.16. The van der Waals surface area contributed by atoms with Gasteiger partial charge in [-0.1, -0.05) is 12.1 Å². The molecule has 0 unspecified atom stereocenters. The fourth-order valence-electron chi connectivity index (χ4n) is 1.29. The average molecular weight is 253 g/mol. The van der Waals surface area contributed by atoms with Gasteiger partial charge in [-0.2, -0.15) is 13.2 Å². The van der Waals surface area contributed by atoms with E-state index in [1.165, 1.54) is 12.1 Å². The fourth-order valence-corrected chi connectivity index (χ4v) is 1.52. The van der Waals surface area contributed by atoms with Crippen LogP contribution in [0.15, 0.2) is 18.2 Å². The number of benzene rings is 1. The van der Waals surface area contributed by atoms with Gasteiger partial charge in [0, 0.05) is 5.88 Å². The van der Waals surface area contributed by atoms with Gasteiger partial charge in [-0.3, -0.25) is 4.79 Å². The highest BCUT2D eigenvalue weighted by atomic mass is 35.5. The van der Waals surface area contributed by atoms with Crippen LogP contribution in [0.4, 0.5) is 13.2 Å². The first-order chi connectivity index (χ1) is 7.34. The summed E-state index contributed by atoms with van der Waals surface area (Å²) in [5.41, 5.74) is -0.821. The first-order valence-corrected chi connectivity index (χ1v) is 4.85. The van der Waals surface area contributed by atoms with Crippen LogP contribution in [0.25, 0.3) is 0 Å². The van der Waals surface area contributed by atoms with E-state index in [0.717, 1.165) is 6.07 Å². The van der Waals surface area contributed by atoms with Crippen LogP contribution in [0.1, 0.15) is 16.7 Å². The van der Waals surface area contributed by atoms with Gasteiger partial charge in [-0.25, -0.2) is 0 Å². The highest BCUT2D eigenvalue weighted by Gasteiger charge is 2.33. The second kappa shape index (κ2) is 4.74. The lowest BCUT2D eigenvalue weighted by Crippen LogP contribution is -2.10. The maximum absolute atomic E-state index is 12.5. The van der Waals surface area contributed by atoms with Crippen molar-refractivity contribution in [3.63, 3.8) is 0 Å². The summed E-state index contributed by atoms with van der Waals surface area (Å²) < 4.78 is 37.6. The maximum Gasteiger partial charge on any atom is 0.416 e. The predicted octanol–water partition coefficient (Wildman–Crippen LogP) is 3.07. The number of rotatable bonds is 3. The molecule has 0 aliphatic heterocycles. The molecule has 0 radical (unpaired) electrons. The lowest BCUT2D eigenvalue weighted by molar-refractivity contribution is -0.139. The molecule has 88 valence electrons. The summed E-state index contributed by atoms with van der Waals surface area (Å²) >= 11 is 5.38. The molecule has 1 aromatic carbocycles. The average Bonchev–Trinajstić information content (AvgIpc) is 2.15. The molecule has 0 saturated heterocycles. The highest BCUT2D eigenvalue weighted by Crippen LogP contribution is 2.33. The Morgan fingerprint density at radius 3 is 2.44 bits per heavy atom. The summed E-state index contributed by atoms with van der Waals surface area (Å²) in [6.45, 7) is 0. The fraction of sp³-hybridized carbons (Fsp3) is 0.300. The third kappa shape index (κ3) is 3.13. The standard InChI is InChI=1S/C10H8ClF3O2/c11-5-7-2-1-6(4-9(15)16)3-8(7)10(12,13)14/h1-3H,4-5H2,(H,15,16). The van der Waals surface area contributed by atoms with E-state index in [9.17, 15) is 18.0 Å². The van der Waals surface area contributed by atoms with Gasteiger partial charge in [-0.05, 0) is 17.2 Å². The van der Waals surface area contributed by atoms with E-state index in [1.807, 2.05) is 0 Å². The molecule has 0 amide bonds. The van der Waals surface area contributed by atoms with Gasteiger partial charge >= 0.3 is 12.1 Å². The van der Waals surface area contributed by atoms with Crippen LogP contribution in [0.2, 0.25) is 0 Å². The zero-order valence-corrected chi connectivity index (χ0v) is 8.77. The minimum absolute atomic E-state index is 0.0525. The van der Waals surface area contributed by atoms with Gasteiger partial charge < -0.3 is 5.11 Å². The topological polar surface area (TPSA) is 37.3 Å². The molecule has 0 aliphatic rings. The Bertz CT molecular complexity index is 402. The Labute approximate surface area is 94.6 Å². The minimum Gasteiger partial charge on any atom is -0.481 e. The molecule has 16 heavy (non-hydrogen) atoms. The molecular weight excluding hydrogens is 245 g/mol. The lowest BCUT2D eigenvalue weighted by atomic mass is 10.0. The molecule has 0 fully saturated rings. The van der Waals surface area contributed by atoms with Gasteiger partial charge in [0.25, 0.3) is 0 Å². The van der Waals surface area contributed by atoms with Gasteiger partial charge in [0.1, 0.15) is 0 Å². The molecule has 0 spiro atoms. The number of aliphatic carboxylic acids is 1. The Kier molecular flexibility index (Phi) is 3.80. The van der Waals surface area contributed by atoms with Gasteiger partial charge in [0.05, 0.1) is 12.0 Å². The van der Waals surface area contributed by atoms with Crippen molar-refractivity contribution in [1.82, 2.24) is 0 Å². The van der Waals surface area contributed by atoms with Crippen LogP contribution in [-0.4, -0.2) is 11.1 Å². The van der Waals surface area contributed by atoms with Crippen molar-refractivity contribution < 1.29 is 23.1 Å². The third-order valence-electron chi connectivity index (χ3n) is 1.98. The van der Waals surface area contributed by atoms with Crippen molar-refractivity contribution in [2.75, 3.05) is 0 Å². The Morgan fingerprint density at radius 2 is 2.00 bits per heavy atom. The maximum atomic E-state index is 12.5. The van der Waals surface area contributed by atoms with Crippen molar-refractivity contribution in [3.8, 4) is 0 Å². The number of alkyl halides is 4. The SMILES string of the molecule is O=C(O)Cc1ccc(CCl)c(C(F)(F)F)c1. The molecule has 6 heteroatoms. The molecule has 1 rings (SSSR count). The summed E-state index contributed by atoms with van der Waals surface area (Å²) in [7, 11) is 0. The summed E-state index contributed by atoms with van der Waals surface area (Å²) in [6.07, 6.45) is -4.95. The van der Waals surface area contributed by atoms with Gasteiger partial charge in [-0.15, -0.1) is 11.6 Å². The number of carboxylic acids is 1. The van der Waals surface area contributed by atoms with Crippen LogP contribution in [0.5, 0.6) is 0 Å². The third-order valence-corrected chi connectivity index (χ3v) is 2.27. The number of halogens is 4. The van der Waals surface area contributed by atoms with E-state index in [1.54, 1.807) is 0 Å². The number of carbonyl (C=O) groups is 1. The molecule has 0 aromatic heterocycles. The van der Waals surface area contributed by atoms with Crippen LogP contribution in [-0.2, 0) is 23.3 Å². The summed E-state index contributed by atoms with van der Waals surface area (Å²) in [5, 5.41) is 8.48. The molecule has 0 atom stereocenters. The van der Waals surface area contributed by atoms with E-state index in [4.69, 9.17) is 16.7 Å². The van der Waals surface area contributed by atoms with E-state index >= 15 is 0 Å². The highest BCUT2D eigenvalue weighted by molar-refractivity contribution is 6.17. The van der Waals surface area contributed by atoms with Crippen LogP contribution in [0, 0.1) is 0 Å². The number of hydrogen-bond donors (Lipinski definition) is 1. The van der Waals surface area contributed by atoms with Crippen molar-refractivity contribution in [1.29, 1.82) is 0 Å². The Morgan fingerprint density at radius 1 is 1.38 bits per heavy atom. The molecule has 0 aliphatic carbocycles. The molecule has 2 nitrogen and oxygen atoms in total. The summed E-state index contributed by atoms with van der Waals surface area (Å²) in [4.78, 5) is 10.4. The van der Waals surface area contributed by atoms with Crippen LogP contribution >= 0.6 is 11.6 Å². The summed E-state index contributed by atoms with van der Waals surface area (Å²) in [6, 6.07) is 3.36. The second-order valence-corrected chi connectivity index (χ2v) is 3.46. The normalized spacial score (nSPS) is 11.5. The van der Waals surface area contributed by atoms with Crippen molar-refractivity contribution in [3.05, 3.63) is 34.9 Å².